The fourth-order valence-electron chi connectivity index (χ4n) is 2.69. The molecule has 2 heterocycles. The largest absolute Gasteiger partial charge is 0.342 e. The minimum atomic E-state index is 0.561. The van der Waals surface area contributed by atoms with Gasteiger partial charge in [-0.3, -0.25) is 0 Å². The molecule has 0 saturated carbocycles. The van der Waals surface area contributed by atoms with Gasteiger partial charge < -0.3 is 10.3 Å². The molecule has 1 aliphatic rings. The van der Waals surface area contributed by atoms with E-state index in [1.54, 1.807) is 0 Å². The number of piperidine rings is 1. The highest BCUT2D eigenvalue weighted by molar-refractivity contribution is 6.42. The molecule has 1 aromatic heterocycles. The maximum absolute atomic E-state index is 6.01. The van der Waals surface area contributed by atoms with Gasteiger partial charge in [-0.15, -0.1) is 0 Å². The standard InChI is InChI=1S/C14H17Cl2N3/c15-10-7-12-13(8-11(10)16)19-14(18-12)2-1-9-3-5-17-6-4-9/h7-9,17H,1-6H2,(H,18,19). The molecule has 5 heteroatoms. The van der Waals surface area contributed by atoms with Crippen LogP contribution < -0.4 is 5.32 Å². The fraction of sp³-hybridized carbons (Fsp3) is 0.500. The summed E-state index contributed by atoms with van der Waals surface area (Å²) in [5, 5.41) is 4.53. The van der Waals surface area contributed by atoms with E-state index in [-0.39, 0.29) is 0 Å². The van der Waals surface area contributed by atoms with Crippen molar-refractivity contribution in [2.24, 2.45) is 5.92 Å². The summed E-state index contributed by atoms with van der Waals surface area (Å²) in [5.74, 6) is 1.86. The van der Waals surface area contributed by atoms with Crippen LogP contribution in [0.4, 0.5) is 0 Å². The summed E-state index contributed by atoms with van der Waals surface area (Å²) in [6, 6.07) is 3.67. The summed E-state index contributed by atoms with van der Waals surface area (Å²) in [4.78, 5) is 7.92. The van der Waals surface area contributed by atoms with Gasteiger partial charge in [-0.25, -0.2) is 4.98 Å². The molecule has 1 saturated heterocycles. The van der Waals surface area contributed by atoms with Crippen LogP contribution in [0.1, 0.15) is 25.1 Å². The zero-order valence-electron chi connectivity index (χ0n) is 10.7. The number of fused-ring (bicyclic) bond motifs is 1. The maximum Gasteiger partial charge on any atom is 0.107 e. The normalized spacial score (nSPS) is 17.2. The van der Waals surface area contributed by atoms with Crippen molar-refractivity contribution in [1.29, 1.82) is 0 Å². The van der Waals surface area contributed by atoms with Crippen molar-refractivity contribution in [2.45, 2.75) is 25.7 Å². The van der Waals surface area contributed by atoms with Crippen LogP contribution in [0, 0.1) is 5.92 Å². The Balaban J connectivity index is 1.70. The minimum Gasteiger partial charge on any atom is -0.342 e. The van der Waals surface area contributed by atoms with Crippen LogP contribution in [0.15, 0.2) is 12.1 Å². The number of nitrogens with one attached hydrogen (secondary N) is 2. The number of halogens is 2. The zero-order valence-corrected chi connectivity index (χ0v) is 12.2. The first kappa shape index (κ1) is 13.2. The number of imidazole rings is 1. The minimum absolute atomic E-state index is 0.561. The van der Waals surface area contributed by atoms with Crippen molar-refractivity contribution in [1.82, 2.24) is 15.3 Å². The molecule has 0 atom stereocenters. The average molecular weight is 298 g/mol. The highest BCUT2D eigenvalue weighted by Gasteiger charge is 2.14. The summed E-state index contributed by atoms with van der Waals surface area (Å²) in [6.07, 6.45) is 4.74. The molecule has 0 amide bonds. The maximum atomic E-state index is 6.01. The summed E-state index contributed by atoms with van der Waals surface area (Å²) in [5.41, 5.74) is 1.87. The number of hydrogen-bond donors (Lipinski definition) is 2. The van der Waals surface area contributed by atoms with Crippen molar-refractivity contribution in [3.63, 3.8) is 0 Å². The van der Waals surface area contributed by atoms with Crippen molar-refractivity contribution in [2.75, 3.05) is 13.1 Å². The smallest absolute Gasteiger partial charge is 0.107 e. The third-order valence-electron chi connectivity index (χ3n) is 3.82. The molecule has 0 radical (unpaired) electrons. The SMILES string of the molecule is Clc1cc2nc(CCC3CCNCC3)[nH]c2cc1Cl. The molecule has 2 aromatic rings. The number of aromatic amines is 1. The number of rotatable bonds is 3. The quantitative estimate of drug-likeness (QED) is 0.905. The second kappa shape index (κ2) is 5.70. The number of aryl methyl sites for hydroxylation is 1. The predicted octanol–water partition coefficient (Wildman–Crippen LogP) is 3.80. The third kappa shape index (κ3) is 3.04. The molecule has 1 aliphatic heterocycles. The van der Waals surface area contributed by atoms with E-state index in [2.05, 4.69) is 15.3 Å². The zero-order chi connectivity index (χ0) is 13.2. The van der Waals surface area contributed by atoms with Gasteiger partial charge in [0.25, 0.3) is 0 Å². The Hall–Kier alpha value is -0.770. The van der Waals surface area contributed by atoms with E-state index < -0.39 is 0 Å². The van der Waals surface area contributed by atoms with Crippen LogP contribution in [0.2, 0.25) is 10.0 Å². The second-order valence-corrected chi connectivity index (χ2v) is 6.01. The lowest BCUT2D eigenvalue weighted by Gasteiger charge is -2.21. The van der Waals surface area contributed by atoms with E-state index in [1.165, 1.54) is 19.3 Å². The Bertz CT molecular complexity index is 534. The van der Waals surface area contributed by atoms with E-state index in [0.29, 0.717) is 10.0 Å². The van der Waals surface area contributed by atoms with Gasteiger partial charge in [0.15, 0.2) is 0 Å². The Morgan fingerprint density at radius 3 is 2.68 bits per heavy atom. The van der Waals surface area contributed by atoms with Gasteiger partial charge in [-0.1, -0.05) is 23.2 Å². The topological polar surface area (TPSA) is 40.7 Å². The molecule has 3 rings (SSSR count). The van der Waals surface area contributed by atoms with E-state index in [4.69, 9.17) is 23.2 Å². The highest BCUT2D eigenvalue weighted by atomic mass is 35.5. The van der Waals surface area contributed by atoms with Crippen molar-refractivity contribution >= 4 is 34.2 Å². The second-order valence-electron chi connectivity index (χ2n) is 5.20. The molecule has 0 spiro atoms. The first-order valence-electron chi connectivity index (χ1n) is 6.77. The van der Waals surface area contributed by atoms with Crippen LogP contribution in [-0.2, 0) is 6.42 Å². The summed E-state index contributed by atoms with van der Waals surface area (Å²) < 4.78 is 0. The van der Waals surface area contributed by atoms with E-state index >= 15 is 0 Å². The number of H-pyrrole nitrogens is 1. The van der Waals surface area contributed by atoms with Gasteiger partial charge in [0.1, 0.15) is 5.82 Å². The lowest BCUT2D eigenvalue weighted by atomic mass is 9.93. The Morgan fingerprint density at radius 2 is 1.89 bits per heavy atom. The highest BCUT2D eigenvalue weighted by Crippen LogP contribution is 2.27. The molecule has 2 N–H and O–H groups in total. The number of nitrogens with zero attached hydrogens (tertiary/aromatic N) is 1. The van der Waals surface area contributed by atoms with Crippen LogP contribution in [0.5, 0.6) is 0 Å². The molecule has 19 heavy (non-hydrogen) atoms. The van der Waals surface area contributed by atoms with E-state index in [1.807, 2.05) is 12.1 Å². The van der Waals surface area contributed by atoms with Gasteiger partial charge in [-0.2, -0.15) is 0 Å². The number of hydrogen-bond acceptors (Lipinski definition) is 2. The Morgan fingerprint density at radius 1 is 1.16 bits per heavy atom. The van der Waals surface area contributed by atoms with Gasteiger partial charge in [0.05, 0.1) is 21.1 Å². The molecule has 0 unspecified atom stereocenters. The summed E-state index contributed by atoms with van der Waals surface area (Å²) in [7, 11) is 0. The van der Waals surface area contributed by atoms with Crippen molar-refractivity contribution in [3.05, 3.63) is 28.0 Å². The number of aromatic nitrogens is 2. The lowest BCUT2D eigenvalue weighted by molar-refractivity contribution is 0.352. The van der Waals surface area contributed by atoms with Gasteiger partial charge in [0, 0.05) is 6.42 Å². The summed E-state index contributed by atoms with van der Waals surface area (Å²) in [6.45, 7) is 2.30. The number of benzene rings is 1. The Labute approximate surface area is 122 Å². The first-order valence-corrected chi connectivity index (χ1v) is 7.52. The Kier molecular flexibility index (Phi) is 3.96. The fourth-order valence-corrected chi connectivity index (χ4v) is 3.01. The third-order valence-corrected chi connectivity index (χ3v) is 4.54. The monoisotopic (exact) mass is 297 g/mol. The van der Waals surface area contributed by atoms with Gasteiger partial charge in [0.2, 0.25) is 0 Å². The average Bonchev–Trinajstić information content (AvgIpc) is 2.80. The van der Waals surface area contributed by atoms with Crippen LogP contribution in [0.3, 0.4) is 0 Å². The lowest BCUT2D eigenvalue weighted by Crippen LogP contribution is -2.27. The molecule has 102 valence electrons. The van der Waals surface area contributed by atoms with E-state index in [0.717, 1.165) is 42.3 Å². The molecular weight excluding hydrogens is 281 g/mol. The van der Waals surface area contributed by atoms with E-state index in [9.17, 15) is 0 Å². The molecule has 0 bridgehead atoms. The van der Waals surface area contributed by atoms with Crippen molar-refractivity contribution in [3.8, 4) is 0 Å². The molecule has 3 nitrogen and oxygen atoms in total. The summed E-state index contributed by atoms with van der Waals surface area (Å²) >= 11 is 12.0. The first-order chi connectivity index (χ1) is 9.22. The van der Waals surface area contributed by atoms with Crippen LogP contribution >= 0.6 is 23.2 Å². The molecule has 1 aromatic carbocycles. The molecule has 0 aliphatic carbocycles. The van der Waals surface area contributed by atoms with Crippen LogP contribution in [-0.4, -0.2) is 23.1 Å². The van der Waals surface area contributed by atoms with Gasteiger partial charge in [-0.05, 0) is 50.4 Å². The van der Waals surface area contributed by atoms with Crippen LogP contribution in [0.25, 0.3) is 11.0 Å². The van der Waals surface area contributed by atoms with Crippen molar-refractivity contribution < 1.29 is 0 Å². The molecule has 1 fully saturated rings. The van der Waals surface area contributed by atoms with Gasteiger partial charge >= 0.3 is 0 Å². The predicted molar refractivity (Wildman–Crippen MR) is 80.0 cm³/mol. The molecular formula is C14H17Cl2N3.